The molecule has 0 spiro atoms. The second kappa shape index (κ2) is 7.82. The molecular weight excluding hydrogens is 405 g/mol. The molecule has 1 saturated carbocycles. The highest BCUT2D eigenvalue weighted by atomic mass is 35.5. The van der Waals surface area contributed by atoms with Crippen LogP contribution in [0.4, 0.5) is 0 Å². The van der Waals surface area contributed by atoms with Crippen LogP contribution in [-0.2, 0) is 14.6 Å². The number of benzene rings is 2. The maximum absolute atomic E-state index is 13.3. The third-order valence-electron chi connectivity index (χ3n) is 5.18. The summed E-state index contributed by atoms with van der Waals surface area (Å²) in [6.45, 7) is 1.80. The van der Waals surface area contributed by atoms with E-state index in [0.29, 0.717) is 35.7 Å². The maximum Gasteiger partial charge on any atom is 0.242 e. The third kappa shape index (κ3) is 3.73. The molecule has 1 N–H and O–H groups in total. The fourth-order valence-corrected chi connectivity index (χ4v) is 5.98. The minimum Gasteiger partial charge on any atom is -0.348 e. The van der Waals surface area contributed by atoms with Gasteiger partial charge >= 0.3 is 0 Å². The number of carbonyl (C=O) groups excluding carboxylic acids is 1. The van der Waals surface area contributed by atoms with Gasteiger partial charge in [0.25, 0.3) is 0 Å². The Morgan fingerprint density at radius 1 is 1.04 bits per heavy atom. The van der Waals surface area contributed by atoms with E-state index in [1.54, 1.807) is 55.5 Å². The molecule has 1 fully saturated rings. The zero-order chi connectivity index (χ0) is 19.7. The molecule has 1 aliphatic rings. The van der Waals surface area contributed by atoms with Crippen molar-refractivity contribution in [1.82, 2.24) is 5.32 Å². The topological polar surface area (TPSA) is 63.2 Å². The van der Waals surface area contributed by atoms with Crippen molar-refractivity contribution in [3.63, 3.8) is 0 Å². The van der Waals surface area contributed by atoms with E-state index >= 15 is 0 Å². The first-order valence-corrected chi connectivity index (χ1v) is 11.1. The van der Waals surface area contributed by atoms with Crippen molar-refractivity contribution in [2.24, 2.45) is 0 Å². The molecule has 3 rings (SSSR count). The lowest BCUT2D eigenvalue weighted by Gasteiger charge is -2.29. The largest absolute Gasteiger partial charge is 0.348 e. The molecule has 7 heteroatoms. The van der Waals surface area contributed by atoms with E-state index in [1.807, 2.05) is 0 Å². The van der Waals surface area contributed by atoms with E-state index in [0.717, 1.165) is 5.56 Å². The van der Waals surface area contributed by atoms with Crippen molar-refractivity contribution in [2.75, 3.05) is 0 Å². The molecule has 2 aromatic rings. The highest BCUT2D eigenvalue weighted by Crippen LogP contribution is 2.41. The second-order valence-corrected chi connectivity index (χ2v) is 9.96. The fourth-order valence-electron chi connectivity index (χ4n) is 3.58. The Labute approximate surface area is 169 Å². The highest BCUT2D eigenvalue weighted by Gasteiger charge is 2.53. The molecule has 27 heavy (non-hydrogen) atoms. The van der Waals surface area contributed by atoms with Gasteiger partial charge in [0.1, 0.15) is 0 Å². The van der Waals surface area contributed by atoms with Gasteiger partial charge in [-0.1, -0.05) is 60.3 Å². The van der Waals surface area contributed by atoms with Crippen molar-refractivity contribution in [3.8, 4) is 0 Å². The van der Waals surface area contributed by atoms with Gasteiger partial charge in [0.05, 0.1) is 21.0 Å². The summed E-state index contributed by atoms with van der Waals surface area (Å²) in [5, 5.41) is 3.70. The number of carbonyl (C=O) groups is 1. The predicted octanol–water partition coefficient (Wildman–Crippen LogP) is 4.96. The van der Waals surface area contributed by atoms with Crippen LogP contribution in [0.3, 0.4) is 0 Å². The Morgan fingerprint density at radius 3 is 2.26 bits per heavy atom. The van der Waals surface area contributed by atoms with Crippen molar-refractivity contribution in [1.29, 1.82) is 0 Å². The Hall–Kier alpha value is -1.56. The maximum atomic E-state index is 13.3. The molecule has 1 aliphatic carbocycles. The summed E-state index contributed by atoms with van der Waals surface area (Å²) < 4.78 is 25.2. The molecule has 0 aliphatic heterocycles. The van der Waals surface area contributed by atoms with Crippen LogP contribution in [0.5, 0.6) is 0 Å². The monoisotopic (exact) mass is 425 g/mol. The van der Waals surface area contributed by atoms with Gasteiger partial charge < -0.3 is 5.32 Å². The third-order valence-corrected chi connectivity index (χ3v) is 8.44. The van der Waals surface area contributed by atoms with E-state index in [2.05, 4.69) is 5.32 Å². The standard InChI is InChI=1S/C20H21Cl2NO3S/c1-14(15-9-10-17(21)18(22)13-15)23-19(24)20(11-5-6-12-20)27(25,26)16-7-3-2-4-8-16/h2-4,7-10,13-14H,5-6,11-12H2,1H3,(H,23,24). The Kier molecular flexibility index (Phi) is 5.84. The molecule has 0 heterocycles. The number of amides is 1. The fraction of sp³-hybridized carbons (Fsp3) is 0.350. The molecule has 0 aromatic heterocycles. The zero-order valence-electron chi connectivity index (χ0n) is 14.9. The smallest absolute Gasteiger partial charge is 0.242 e. The summed E-state index contributed by atoms with van der Waals surface area (Å²) in [6, 6.07) is 12.9. The first kappa shape index (κ1) is 20.2. The Balaban J connectivity index is 1.91. The molecule has 0 radical (unpaired) electrons. The van der Waals surface area contributed by atoms with Gasteiger partial charge in [-0.25, -0.2) is 8.42 Å². The van der Waals surface area contributed by atoms with Crippen LogP contribution in [0.15, 0.2) is 53.4 Å². The minimum absolute atomic E-state index is 0.184. The first-order valence-electron chi connectivity index (χ1n) is 8.83. The molecule has 0 saturated heterocycles. The van der Waals surface area contributed by atoms with Crippen LogP contribution < -0.4 is 5.32 Å². The minimum atomic E-state index is -3.80. The molecule has 2 aromatic carbocycles. The van der Waals surface area contributed by atoms with Gasteiger partial charge in [-0.05, 0) is 49.6 Å². The van der Waals surface area contributed by atoms with E-state index in [4.69, 9.17) is 23.2 Å². The average molecular weight is 426 g/mol. The van der Waals surface area contributed by atoms with Gasteiger partial charge in [-0.2, -0.15) is 0 Å². The summed E-state index contributed by atoms with van der Waals surface area (Å²) in [7, 11) is -3.80. The van der Waals surface area contributed by atoms with Crippen LogP contribution in [0.25, 0.3) is 0 Å². The second-order valence-electron chi connectivity index (χ2n) is 6.89. The summed E-state index contributed by atoms with van der Waals surface area (Å²) in [6.07, 6.45) is 2.07. The Morgan fingerprint density at radius 2 is 1.67 bits per heavy atom. The number of nitrogens with one attached hydrogen (secondary N) is 1. The molecule has 1 atom stereocenters. The molecule has 4 nitrogen and oxygen atoms in total. The number of rotatable bonds is 5. The molecule has 1 unspecified atom stereocenters. The molecular formula is C20H21Cl2NO3S. The van der Waals surface area contributed by atoms with Crippen molar-refractivity contribution in [3.05, 3.63) is 64.1 Å². The number of hydrogen-bond donors (Lipinski definition) is 1. The lowest BCUT2D eigenvalue weighted by molar-refractivity contribution is -0.124. The van der Waals surface area contributed by atoms with Gasteiger partial charge in [0.2, 0.25) is 5.91 Å². The van der Waals surface area contributed by atoms with Crippen molar-refractivity contribution >= 4 is 38.9 Å². The van der Waals surface area contributed by atoms with E-state index in [1.165, 1.54) is 0 Å². The molecule has 144 valence electrons. The van der Waals surface area contributed by atoms with Crippen LogP contribution in [0.2, 0.25) is 10.0 Å². The van der Waals surface area contributed by atoms with Gasteiger partial charge in [-0.3, -0.25) is 4.79 Å². The zero-order valence-corrected chi connectivity index (χ0v) is 17.2. The number of halogens is 2. The summed E-state index contributed by atoms with van der Waals surface area (Å²) >= 11 is 12.0. The van der Waals surface area contributed by atoms with Crippen molar-refractivity contribution < 1.29 is 13.2 Å². The number of hydrogen-bond acceptors (Lipinski definition) is 3. The Bertz CT molecular complexity index is 939. The quantitative estimate of drug-likeness (QED) is 0.735. The van der Waals surface area contributed by atoms with E-state index in [9.17, 15) is 13.2 Å². The lowest BCUT2D eigenvalue weighted by atomic mass is 10.0. The highest BCUT2D eigenvalue weighted by molar-refractivity contribution is 7.93. The predicted molar refractivity (Wildman–Crippen MR) is 108 cm³/mol. The molecule has 0 bridgehead atoms. The first-order chi connectivity index (χ1) is 12.8. The SMILES string of the molecule is CC(NC(=O)C1(S(=O)(=O)c2ccccc2)CCCC1)c1ccc(Cl)c(Cl)c1. The van der Waals surface area contributed by atoms with Crippen LogP contribution in [0, 0.1) is 0 Å². The van der Waals surface area contributed by atoms with Gasteiger partial charge in [0.15, 0.2) is 14.6 Å². The van der Waals surface area contributed by atoms with Crippen molar-refractivity contribution in [2.45, 2.75) is 48.3 Å². The van der Waals surface area contributed by atoms with Gasteiger partial charge in [-0.15, -0.1) is 0 Å². The average Bonchev–Trinajstić information content (AvgIpc) is 3.16. The van der Waals surface area contributed by atoms with E-state index < -0.39 is 26.5 Å². The van der Waals surface area contributed by atoms with Gasteiger partial charge in [0, 0.05) is 0 Å². The summed E-state index contributed by atoms with van der Waals surface area (Å²) in [5.74, 6) is -0.456. The normalized spacial score (nSPS) is 17.4. The molecule has 1 amide bonds. The summed E-state index contributed by atoms with van der Waals surface area (Å²) in [5.41, 5.74) is 0.767. The van der Waals surface area contributed by atoms with Crippen LogP contribution >= 0.6 is 23.2 Å². The van der Waals surface area contributed by atoms with Crippen LogP contribution in [-0.4, -0.2) is 19.1 Å². The lowest BCUT2D eigenvalue weighted by Crippen LogP contribution is -2.51. The number of sulfone groups is 1. The van der Waals surface area contributed by atoms with Crippen LogP contribution in [0.1, 0.15) is 44.2 Å². The van der Waals surface area contributed by atoms with E-state index in [-0.39, 0.29) is 4.90 Å². The summed E-state index contributed by atoms with van der Waals surface area (Å²) in [4.78, 5) is 13.4.